The first-order valence-corrected chi connectivity index (χ1v) is 9.88. The number of benzene rings is 2. The highest BCUT2D eigenvalue weighted by Crippen LogP contribution is 2.28. The third kappa shape index (κ3) is 6.48. The molecular weight excluding hydrogens is 354 g/mol. The van der Waals surface area contributed by atoms with Crippen LogP contribution in [0.3, 0.4) is 0 Å². The monoisotopic (exact) mass is 385 g/mol. The van der Waals surface area contributed by atoms with Gasteiger partial charge in [-0.25, -0.2) is 0 Å². The number of aryl methyl sites for hydroxylation is 2. The lowest BCUT2D eigenvalue weighted by atomic mass is 10.1. The van der Waals surface area contributed by atoms with Crippen LogP contribution in [0.25, 0.3) is 0 Å². The minimum absolute atomic E-state index is 0.0757. The van der Waals surface area contributed by atoms with Crippen LogP contribution in [0.5, 0.6) is 17.2 Å². The van der Waals surface area contributed by atoms with E-state index in [-0.39, 0.29) is 5.91 Å². The highest BCUT2D eigenvalue weighted by molar-refractivity contribution is 5.81. The van der Waals surface area contributed by atoms with Crippen LogP contribution in [0.15, 0.2) is 42.5 Å². The minimum atomic E-state index is -0.479. The van der Waals surface area contributed by atoms with E-state index in [9.17, 15) is 4.79 Å². The molecule has 2 aromatic rings. The van der Waals surface area contributed by atoms with Gasteiger partial charge in [0.15, 0.2) is 17.6 Å². The number of ether oxygens (including phenoxy) is 3. The molecule has 152 valence electrons. The summed E-state index contributed by atoms with van der Waals surface area (Å²) in [4.78, 5) is 12.4. The van der Waals surface area contributed by atoms with Crippen LogP contribution >= 0.6 is 0 Å². The minimum Gasteiger partial charge on any atom is -0.493 e. The van der Waals surface area contributed by atoms with E-state index in [0.717, 1.165) is 41.2 Å². The van der Waals surface area contributed by atoms with E-state index in [0.29, 0.717) is 19.6 Å². The Hall–Kier alpha value is -2.69. The van der Waals surface area contributed by atoms with Crippen molar-refractivity contribution in [3.8, 4) is 17.2 Å². The molecule has 0 aromatic heterocycles. The Balaban J connectivity index is 1.81. The fourth-order valence-corrected chi connectivity index (χ4v) is 2.94. The summed E-state index contributed by atoms with van der Waals surface area (Å²) in [7, 11) is 1.64. The summed E-state index contributed by atoms with van der Waals surface area (Å²) in [5, 5.41) is 2.98. The van der Waals surface area contributed by atoms with E-state index in [1.807, 2.05) is 63.2 Å². The van der Waals surface area contributed by atoms with E-state index in [1.54, 1.807) is 7.11 Å². The van der Waals surface area contributed by atoms with Crippen molar-refractivity contribution in [2.75, 3.05) is 20.3 Å². The standard InChI is InChI=1S/C23H31NO4/c1-5-20(28-19-11-7-9-17(3)15-19)23(25)24-14-8-10-18-12-13-21(27-6-2)22(16-18)26-4/h7,9,11-13,15-16,20H,5-6,8,10,14H2,1-4H3,(H,24,25). The van der Waals surface area contributed by atoms with Gasteiger partial charge < -0.3 is 19.5 Å². The molecule has 0 aliphatic rings. The number of hydrogen-bond donors (Lipinski definition) is 1. The largest absolute Gasteiger partial charge is 0.493 e. The highest BCUT2D eigenvalue weighted by atomic mass is 16.5. The summed E-state index contributed by atoms with van der Waals surface area (Å²) < 4.78 is 16.8. The average molecular weight is 386 g/mol. The van der Waals surface area contributed by atoms with Crippen molar-refractivity contribution in [2.45, 2.75) is 46.1 Å². The van der Waals surface area contributed by atoms with Gasteiger partial charge in [-0.15, -0.1) is 0 Å². The van der Waals surface area contributed by atoms with Crippen molar-refractivity contribution >= 4 is 5.91 Å². The smallest absolute Gasteiger partial charge is 0.261 e. The van der Waals surface area contributed by atoms with Crippen LogP contribution < -0.4 is 19.5 Å². The maximum atomic E-state index is 12.4. The third-order valence-corrected chi connectivity index (χ3v) is 4.40. The van der Waals surface area contributed by atoms with Crippen LogP contribution in [-0.2, 0) is 11.2 Å². The van der Waals surface area contributed by atoms with Gasteiger partial charge in [0.25, 0.3) is 5.91 Å². The van der Waals surface area contributed by atoms with Crippen LogP contribution in [0.1, 0.15) is 37.8 Å². The number of methoxy groups -OCH3 is 1. The van der Waals surface area contributed by atoms with Gasteiger partial charge >= 0.3 is 0 Å². The maximum absolute atomic E-state index is 12.4. The second-order valence-electron chi connectivity index (χ2n) is 6.64. The van der Waals surface area contributed by atoms with Crippen molar-refractivity contribution in [1.29, 1.82) is 0 Å². The molecule has 0 heterocycles. The van der Waals surface area contributed by atoms with Crippen molar-refractivity contribution < 1.29 is 19.0 Å². The molecule has 1 amide bonds. The molecule has 1 atom stereocenters. The second-order valence-corrected chi connectivity index (χ2v) is 6.64. The van der Waals surface area contributed by atoms with Crippen LogP contribution in [0, 0.1) is 6.92 Å². The SMILES string of the molecule is CCOc1ccc(CCCNC(=O)C(CC)Oc2cccc(C)c2)cc1OC. The normalized spacial score (nSPS) is 11.6. The summed E-state index contributed by atoms with van der Waals surface area (Å²) in [6, 6.07) is 13.7. The molecule has 0 radical (unpaired) electrons. The molecule has 0 saturated heterocycles. The Morgan fingerprint density at radius 1 is 1.11 bits per heavy atom. The quantitative estimate of drug-likeness (QED) is 0.586. The molecule has 0 bridgehead atoms. The van der Waals surface area contributed by atoms with Gasteiger partial charge in [0.05, 0.1) is 13.7 Å². The van der Waals surface area contributed by atoms with Gasteiger partial charge in [0.2, 0.25) is 0 Å². The first-order chi connectivity index (χ1) is 13.6. The molecule has 5 nitrogen and oxygen atoms in total. The molecule has 0 spiro atoms. The molecule has 0 fully saturated rings. The summed E-state index contributed by atoms with van der Waals surface area (Å²) in [5.74, 6) is 2.14. The Labute approximate surface area is 168 Å². The molecule has 0 aliphatic heterocycles. The van der Waals surface area contributed by atoms with Crippen molar-refractivity contribution in [2.24, 2.45) is 0 Å². The zero-order chi connectivity index (χ0) is 20.4. The van der Waals surface area contributed by atoms with Crippen LogP contribution in [-0.4, -0.2) is 32.3 Å². The molecule has 0 saturated carbocycles. The van der Waals surface area contributed by atoms with Gasteiger partial charge in [-0.05, 0) is 68.5 Å². The number of hydrogen-bond acceptors (Lipinski definition) is 4. The third-order valence-electron chi connectivity index (χ3n) is 4.40. The van der Waals surface area contributed by atoms with Crippen LogP contribution in [0.4, 0.5) is 0 Å². The van der Waals surface area contributed by atoms with E-state index >= 15 is 0 Å². The topological polar surface area (TPSA) is 56.8 Å². The Kier molecular flexibility index (Phi) is 8.66. The predicted molar refractivity (Wildman–Crippen MR) is 111 cm³/mol. The van der Waals surface area contributed by atoms with E-state index in [2.05, 4.69) is 5.32 Å². The van der Waals surface area contributed by atoms with Crippen LogP contribution in [0.2, 0.25) is 0 Å². The highest BCUT2D eigenvalue weighted by Gasteiger charge is 2.17. The zero-order valence-corrected chi connectivity index (χ0v) is 17.3. The van der Waals surface area contributed by atoms with Gasteiger partial charge in [0.1, 0.15) is 5.75 Å². The predicted octanol–water partition coefficient (Wildman–Crippen LogP) is 4.31. The lowest BCUT2D eigenvalue weighted by Crippen LogP contribution is -2.38. The molecule has 0 aliphatic carbocycles. The lowest BCUT2D eigenvalue weighted by molar-refractivity contribution is -0.128. The molecule has 2 aromatic carbocycles. The molecule has 2 rings (SSSR count). The number of carbonyl (C=O) groups excluding carboxylic acids is 1. The Bertz CT molecular complexity index is 760. The summed E-state index contributed by atoms with van der Waals surface area (Å²) >= 11 is 0. The summed E-state index contributed by atoms with van der Waals surface area (Å²) in [5.41, 5.74) is 2.26. The van der Waals surface area contributed by atoms with Crippen molar-refractivity contribution in [3.05, 3.63) is 53.6 Å². The van der Waals surface area contributed by atoms with E-state index in [4.69, 9.17) is 14.2 Å². The van der Waals surface area contributed by atoms with Gasteiger partial charge in [-0.3, -0.25) is 4.79 Å². The van der Waals surface area contributed by atoms with Crippen molar-refractivity contribution in [3.63, 3.8) is 0 Å². The Morgan fingerprint density at radius 3 is 2.61 bits per heavy atom. The average Bonchev–Trinajstić information content (AvgIpc) is 2.70. The lowest BCUT2D eigenvalue weighted by Gasteiger charge is -2.17. The molecule has 1 unspecified atom stereocenters. The second kappa shape index (κ2) is 11.2. The molecule has 5 heteroatoms. The molecular formula is C23H31NO4. The fraction of sp³-hybridized carbons (Fsp3) is 0.435. The number of amides is 1. The summed E-state index contributed by atoms with van der Waals surface area (Å²) in [6.45, 7) is 7.10. The maximum Gasteiger partial charge on any atom is 0.261 e. The number of nitrogens with one attached hydrogen (secondary N) is 1. The van der Waals surface area contributed by atoms with E-state index < -0.39 is 6.10 Å². The van der Waals surface area contributed by atoms with Gasteiger partial charge in [-0.2, -0.15) is 0 Å². The number of carbonyl (C=O) groups is 1. The zero-order valence-electron chi connectivity index (χ0n) is 17.3. The molecule has 1 N–H and O–H groups in total. The van der Waals surface area contributed by atoms with E-state index in [1.165, 1.54) is 0 Å². The Morgan fingerprint density at radius 2 is 1.93 bits per heavy atom. The first-order valence-electron chi connectivity index (χ1n) is 9.88. The van der Waals surface area contributed by atoms with Gasteiger partial charge in [0, 0.05) is 6.54 Å². The number of rotatable bonds is 11. The summed E-state index contributed by atoms with van der Waals surface area (Å²) in [6.07, 6.45) is 1.82. The van der Waals surface area contributed by atoms with Gasteiger partial charge in [-0.1, -0.05) is 25.1 Å². The fourth-order valence-electron chi connectivity index (χ4n) is 2.94. The first kappa shape index (κ1) is 21.6. The van der Waals surface area contributed by atoms with Crippen molar-refractivity contribution in [1.82, 2.24) is 5.32 Å². The molecule has 28 heavy (non-hydrogen) atoms.